The van der Waals surface area contributed by atoms with E-state index in [1.54, 1.807) is 0 Å². The number of rotatable bonds is 3. The minimum absolute atomic E-state index is 0.917. The van der Waals surface area contributed by atoms with Crippen LogP contribution in [-0.4, -0.2) is 31.2 Å². The van der Waals surface area contributed by atoms with Gasteiger partial charge < -0.3 is 4.90 Å². The number of nitrogens with zero attached hydrogens (tertiary/aromatic N) is 1. The van der Waals surface area contributed by atoms with Gasteiger partial charge in [0, 0.05) is 6.04 Å². The van der Waals surface area contributed by atoms with Gasteiger partial charge in [0.25, 0.3) is 0 Å². The van der Waals surface area contributed by atoms with Crippen molar-refractivity contribution in [1.82, 2.24) is 4.90 Å². The standard InChI is InChI=1S/C9H19N.CHF3/c1-3-4-6-9-7-5-8-10(9)2;2-1(3)4/h9H,3-8H2,1-2H3;1H. The second-order valence-corrected chi connectivity index (χ2v) is 3.67. The second kappa shape index (κ2) is 8.09. The number of hydrogen-bond donors (Lipinski definition) is 0. The first kappa shape index (κ1) is 13.8. The number of hydrogen-bond acceptors (Lipinski definition) is 1. The average molecular weight is 211 g/mol. The molecule has 0 aromatic heterocycles. The van der Waals surface area contributed by atoms with Gasteiger partial charge in [0.1, 0.15) is 0 Å². The largest absolute Gasteiger partial charge is 0.379 e. The molecule has 1 fully saturated rings. The molecule has 4 heteroatoms. The van der Waals surface area contributed by atoms with Crippen LogP contribution in [0.15, 0.2) is 0 Å². The Morgan fingerprint density at radius 2 is 1.93 bits per heavy atom. The van der Waals surface area contributed by atoms with Crippen molar-refractivity contribution < 1.29 is 13.2 Å². The zero-order chi connectivity index (χ0) is 11.0. The van der Waals surface area contributed by atoms with E-state index in [1.807, 2.05) is 0 Å². The van der Waals surface area contributed by atoms with Gasteiger partial charge in [-0.1, -0.05) is 19.8 Å². The van der Waals surface area contributed by atoms with E-state index >= 15 is 0 Å². The van der Waals surface area contributed by atoms with Crippen LogP contribution in [0.1, 0.15) is 39.0 Å². The van der Waals surface area contributed by atoms with Crippen LogP contribution in [0.2, 0.25) is 0 Å². The van der Waals surface area contributed by atoms with E-state index in [1.165, 1.54) is 38.6 Å². The van der Waals surface area contributed by atoms with Gasteiger partial charge in [0.05, 0.1) is 0 Å². The van der Waals surface area contributed by atoms with E-state index < -0.39 is 6.68 Å². The highest BCUT2D eigenvalue weighted by Gasteiger charge is 2.19. The van der Waals surface area contributed by atoms with Crippen LogP contribution >= 0.6 is 0 Å². The Balaban J connectivity index is 0.000000364. The molecular formula is C10H20F3N. The van der Waals surface area contributed by atoms with Crippen LogP contribution in [-0.2, 0) is 0 Å². The zero-order valence-corrected chi connectivity index (χ0v) is 8.98. The molecule has 0 spiro atoms. The Morgan fingerprint density at radius 3 is 2.29 bits per heavy atom. The molecule has 14 heavy (non-hydrogen) atoms. The van der Waals surface area contributed by atoms with Crippen LogP contribution in [0.4, 0.5) is 13.2 Å². The lowest BCUT2D eigenvalue weighted by atomic mass is 10.1. The molecule has 0 saturated carbocycles. The average Bonchev–Trinajstić information content (AvgIpc) is 2.47. The fourth-order valence-electron chi connectivity index (χ4n) is 1.78. The maximum Gasteiger partial charge on any atom is 0.379 e. The summed E-state index contributed by atoms with van der Waals surface area (Å²) in [6, 6.07) is 0.917. The second-order valence-electron chi connectivity index (χ2n) is 3.67. The molecule has 0 amide bonds. The van der Waals surface area contributed by atoms with Crippen molar-refractivity contribution in [3.8, 4) is 0 Å². The van der Waals surface area contributed by atoms with E-state index in [0.29, 0.717) is 0 Å². The third-order valence-electron chi connectivity index (χ3n) is 2.56. The first-order chi connectivity index (χ1) is 6.57. The highest BCUT2D eigenvalue weighted by atomic mass is 19.4. The third kappa shape index (κ3) is 7.18. The summed E-state index contributed by atoms with van der Waals surface area (Å²) in [5, 5.41) is 0. The van der Waals surface area contributed by atoms with E-state index in [4.69, 9.17) is 0 Å². The Labute approximate surface area is 84.3 Å². The van der Waals surface area contributed by atoms with Crippen molar-refractivity contribution in [2.45, 2.75) is 51.7 Å². The minimum Gasteiger partial charge on any atom is -0.303 e. The fraction of sp³-hybridized carbons (Fsp3) is 1.00. The maximum atomic E-state index is 9.67. The minimum atomic E-state index is -3.67. The molecule has 1 atom stereocenters. The van der Waals surface area contributed by atoms with Gasteiger partial charge in [-0.25, -0.2) is 0 Å². The molecule has 1 unspecified atom stereocenters. The van der Waals surface area contributed by atoms with Gasteiger partial charge >= 0.3 is 6.68 Å². The van der Waals surface area contributed by atoms with Crippen LogP contribution in [0.25, 0.3) is 0 Å². The predicted octanol–water partition coefficient (Wildman–Crippen LogP) is 3.45. The zero-order valence-electron chi connectivity index (χ0n) is 8.98. The molecule has 0 bridgehead atoms. The summed E-state index contributed by atoms with van der Waals surface area (Å²) in [6.45, 7) is -0.0661. The Kier molecular flexibility index (Phi) is 7.95. The molecule has 1 nitrogen and oxygen atoms in total. The Bertz CT molecular complexity index is 128. The van der Waals surface area contributed by atoms with Gasteiger partial charge in [-0.3, -0.25) is 0 Å². The van der Waals surface area contributed by atoms with Crippen molar-refractivity contribution in [2.24, 2.45) is 0 Å². The molecule has 0 radical (unpaired) electrons. The first-order valence-corrected chi connectivity index (χ1v) is 5.20. The lowest BCUT2D eigenvalue weighted by molar-refractivity contribution is 0.00819. The van der Waals surface area contributed by atoms with Crippen LogP contribution in [0.5, 0.6) is 0 Å². The maximum absolute atomic E-state index is 9.67. The van der Waals surface area contributed by atoms with Gasteiger partial charge in [-0.2, -0.15) is 13.2 Å². The summed E-state index contributed by atoms with van der Waals surface area (Å²) in [5.74, 6) is 0. The van der Waals surface area contributed by atoms with Crippen molar-refractivity contribution in [3.63, 3.8) is 0 Å². The van der Waals surface area contributed by atoms with Gasteiger partial charge in [-0.05, 0) is 32.9 Å². The summed E-state index contributed by atoms with van der Waals surface area (Å²) >= 11 is 0. The highest BCUT2D eigenvalue weighted by molar-refractivity contribution is 4.75. The SMILES string of the molecule is CCCCC1CCCN1C.FC(F)F. The third-order valence-corrected chi connectivity index (χ3v) is 2.56. The van der Waals surface area contributed by atoms with Crippen LogP contribution < -0.4 is 0 Å². The summed E-state index contributed by atoms with van der Waals surface area (Å²) in [7, 11) is 2.26. The number of halogens is 3. The highest BCUT2D eigenvalue weighted by Crippen LogP contribution is 2.19. The van der Waals surface area contributed by atoms with Gasteiger partial charge in [-0.15, -0.1) is 0 Å². The smallest absolute Gasteiger partial charge is 0.303 e. The molecule has 0 aliphatic carbocycles. The fourth-order valence-corrected chi connectivity index (χ4v) is 1.78. The molecule has 0 aromatic rings. The molecule has 0 aromatic carbocycles. The van der Waals surface area contributed by atoms with Gasteiger partial charge in [0.15, 0.2) is 0 Å². The molecule has 1 aliphatic rings. The molecule has 1 heterocycles. The van der Waals surface area contributed by atoms with Crippen LogP contribution in [0.3, 0.4) is 0 Å². The summed E-state index contributed by atoms with van der Waals surface area (Å²) < 4.78 is 29.0. The molecule has 1 aliphatic heterocycles. The molecule has 1 saturated heterocycles. The van der Waals surface area contributed by atoms with E-state index in [0.717, 1.165) is 6.04 Å². The summed E-state index contributed by atoms with van der Waals surface area (Å²) in [5.41, 5.74) is 0. The predicted molar refractivity (Wildman–Crippen MR) is 52.3 cm³/mol. The van der Waals surface area contributed by atoms with Crippen molar-refractivity contribution in [2.75, 3.05) is 13.6 Å². The molecular weight excluding hydrogens is 191 g/mol. The lowest BCUT2D eigenvalue weighted by Crippen LogP contribution is -2.24. The summed E-state index contributed by atoms with van der Waals surface area (Å²) in [6.07, 6.45) is 7.05. The molecule has 1 rings (SSSR count). The van der Waals surface area contributed by atoms with Crippen molar-refractivity contribution in [3.05, 3.63) is 0 Å². The molecule has 0 N–H and O–H groups in total. The van der Waals surface area contributed by atoms with Crippen LogP contribution in [0, 0.1) is 0 Å². The van der Waals surface area contributed by atoms with Gasteiger partial charge in [0.2, 0.25) is 0 Å². The topological polar surface area (TPSA) is 3.24 Å². The number of alkyl halides is 3. The van der Waals surface area contributed by atoms with E-state index in [-0.39, 0.29) is 0 Å². The number of likely N-dealkylation sites (tertiary alicyclic amines) is 1. The normalized spacial score (nSPS) is 22.3. The van der Waals surface area contributed by atoms with Crippen molar-refractivity contribution >= 4 is 0 Å². The molecule has 86 valence electrons. The Morgan fingerprint density at radius 1 is 1.36 bits per heavy atom. The Hall–Kier alpha value is -0.250. The van der Waals surface area contributed by atoms with E-state index in [2.05, 4.69) is 18.9 Å². The van der Waals surface area contributed by atoms with E-state index in [9.17, 15) is 13.2 Å². The van der Waals surface area contributed by atoms with Crippen molar-refractivity contribution in [1.29, 1.82) is 0 Å². The lowest BCUT2D eigenvalue weighted by Gasteiger charge is -2.18. The monoisotopic (exact) mass is 211 g/mol. The first-order valence-electron chi connectivity index (χ1n) is 5.20. The number of unbranched alkanes of at least 4 members (excludes halogenated alkanes) is 1. The quantitative estimate of drug-likeness (QED) is 0.691. The summed E-state index contributed by atoms with van der Waals surface area (Å²) in [4.78, 5) is 2.51.